The van der Waals surface area contributed by atoms with Crippen molar-refractivity contribution < 1.29 is 14.0 Å². The van der Waals surface area contributed by atoms with Crippen molar-refractivity contribution in [2.45, 2.75) is 50.1 Å². The van der Waals surface area contributed by atoms with E-state index >= 15 is 0 Å². The Morgan fingerprint density at radius 1 is 1.34 bits per heavy atom. The Balaban J connectivity index is 1.49. The highest BCUT2D eigenvalue weighted by Gasteiger charge is 2.34. The van der Waals surface area contributed by atoms with Gasteiger partial charge in [-0.05, 0) is 56.5 Å². The molecule has 0 bridgehead atoms. The van der Waals surface area contributed by atoms with Gasteiger partial charge in [0.25, 0.3) is 5.91 Å². The minimum atomic E-state index is -0.743. The van der Waals surface area contributed by atoms with Crippen molar-refractivity contribution in [3.05, 3.63) is 41.6 Å². The number of aromatic nitrogens is 5. The number of aryl methyl sites for hydroxylation is 1. The molecule has 5 N–H and O–H groups in total. The normalized spacial score (nSPS) is 19.2. The largest absolute Gasteiger partial charge is 0.351 e. The molecule has 1 unspecified atom stereocenters. The van der Waals surface area contributed by atoms with E-state index in [1.165, 1.54) is 12.1 Å². The van der Waals surface area contributed by atoms with Gasteiger partial charge in [0.1, 0.15) is 17.6 Å². The summed E-state index contributed by atoms with van der Waals surface area (Å²) in [6.07, 6.45) is 3.59. The summed E-state index contributed by atoms with van der Waals surface area (Å²) in [6.45, 7) is 0.405. The third kappa shape index (κ3) is 4.47. The molecule has 1 aromatic carbocycles. The third-order valence-corrected chi connectivity index (χ3v) is 6.09. The summed E-state index contributed by atoms with van der Waals surface area (Å²) < 4.78 is 15.3. The number of benzene rings is 1. The number of carbonyl (C=O) groups is 2. The van der Waals surface area contributed by atoms with Gasteiger partial charge in [-0.25, -0.2) is 4.39 Å². The van der Waals surface area contributed by atoms with E-state index in [2.05, 4.69) is 31.3 Å². The highest BCUT2D eigenvalue weighted by atomic mass is 19.1. The average Bonchev–Trinajstić information content (AvgIpc) is 3.51. The summed E-state index contributed by atoms with van der Waals surface area (Å²) in [5, 5.41) is 20.7. The molecule has 10 nitrogen and oxygen atoms in total. The predicted octanol–water partition coefficient (Wildman–Crippen LogP) is 1.12. The lowest BCUT2D eigenvalue weighted by atomic mass is 10.0. The van der Waals surface area contributed by atoms with Crippen LogP contribution in [0.2, 0.25) is 0 Å². The smallest absolute Gasteiger partial charge is 0.268 e. The van der Waals surface area contributed by atoms with Crippen molar-refractivity contribution in [1.29, 1.82) is 0 Å². The Bertz CT molecular complexity index is 1100. The second kappa shape index (κ2) is 9.43. The van der Waals surface area contributed by atoms with Crippen LogP contribution in [0.15, 0.2) is 24.3 Å². The molecule has 1 aliphatic rings. The SMILES string of the molecule is Cn1c(C(=O)N[C@@H](CCCN)C(=O)NC2CCC[C@H]2c2nn[nH]n2)cc2cc(F)ccc21. The molecule has 1 saturated carbocycles. The van der Waals surface area contributed by atoms with Gasteiger partial charge in [-0.1, -0.05) is 11.6 Å². The first kappa shape index (κ1) is 21.9. The summed E-state index contributed by atoms with van der Waals surface area (Å²) in [4.78, 5) is 26.1. The first-order valence-corrected chi connectivity index (χ1v) is 10.8. The molecule has 0 spiro atoms. The number of hydrogen-bond donors (Lipinski definition) is 4. The average molecular weight is 442 g/mol. The molecule has 11 heteroatoms. The van der Waals surface area contributed by atoms with Crippen molar-refractivity contribution in [2.75, 3.05) is 6.54 Å². The molecule has 3 aromatic rings. The topological polar surface area (TPSA) is 144 Å². The van der Waals surface area contributed by atoms with Crippen LogP contribution in [0.25, 0.3) is 10.9 Å². The quantitative estimate of drug-likeness (QED) is 0.412. The number of aromatic amines is 1. The van der Waals surface area contributed by atoms with E-state index in [1.54, 1.807) is 23.7 Å². The van der Waals surface area contributed by atoms with E-state index in [-0.39, 0.29) is 23.7 Å². The highest BCUT2D eigenvalue weighted by Crippen LogP contribution is 2.32. The molecule has 4 rings (SSSR count). The third-order valence-electron chi connectivity index (χ3n) is 6.09. The molecule has 2 amide bonds. The minimum absolute atomic E-state index is 0.0170. The Morgan fingerprint density at radius 3 is 2.94 bits per heavy atom. The lowest BCUT2D eigenvalue weighted by molar-refractivity contribution is -0.123. The van der Waals surface area contributed by atoms with E-state index < -0.39 is 11.9 Å². The van der Waals surface area contributed by atoms with Crippen LogP contribution in [0.5, 0.6) is 0 Å². The number of H-pyrrole nitrogens is 1. The summed E-state index contributed by atoms with van der Waals surface area (Å²) >= 11 is 0. The van der Waals surface area contributed by atoms with Crippen LogP contribution in [-0.4, -0.2) is 55.6 Å². The first-order chi connectivity index (χ1) is 15.5. The highest BCUT2D eigenvalue weighted by molar-refractivity contribution is 6.00. The fourth-order valence-electron chi connectivity index (χ4n) is 4.41. The van der Waals surface area contributed by atoms with Gasteiger partial charge >= 0.3 is 0 Å². The van der Waals surface area contributed by atoms with Gasteiger partial charge in [0.2, 0.25) is 5.91 Å². The lowest BCUT2D eigenvalue weighted by Crippen LogP contribution is -2.50. The molecule has 0 aliphatic heterocycles. The molecule has 32 heavy (non-hydrogen) atoms. The van der Waals surface area contributed by atoms with Gasteiger partial charge in [-0.15, -0.1) is 10.2 Å². The van der Waals surface area contributed by atoms with Crippen molar-refractivity contribution >= 4 is 22.7 Å². The number of nitrogens with zero attached hydrogens (tertiary/aromatic N) is 4. The molecular formula is C21H27FN8O2. The van der Waals surface area contributed by atoms with Crippen LogP contribution in [0.3, 0.4) is 0 Å². The number of tetrazole rings is 1. The number of rotatable bonds is 8. The van der Waals surface area contributed by atoms with Crippen LogP contribution in [0.4, 0.5) is 4.39 Å². The number of fused-ring (bicyclic) bond motifs is 1. The Kier molecular flexibility index (Phi) is 6.45. The lowest BCUT2D eigenvalue weighted by Gasteiger charge is -2.23. The van der Waals surface area contributed by atoms with Gasteiger partial charge in [-0.3, -0.25) is 9.59 Å². The molecular weight excluding hydrogens is 415 g/mol. The molecule has 0 radical (unpaired) electrons. The zero-order valence-electron chi connectivity index (χ0n) is 17.8. The summed E-state index contributed by atoms with van der Waals surface area (Å²) in [6, 6.07) is 5.10. The molecule has 1 aliphatic carbocycles. The van der Waals surface area contributed by atoms with E-state index in [1.807, 2.05) is 0 Å². The molecule has 1 fully saturated rings. The van der Waals surface area contributed by atoms with Crippen molar-refractivity contribution in [2.24, 2.45) is 12.8 Å². The zero-order chi connectivity index (χ0) is 22.7. The fraction of sp³-hybridized carbons (Fsp3) is 0.476. The Morgan fingerprint density at radius 2 is 2.19 bits per heavy atom. The van der Waals surface area contributed by atoms with Crippen molar-refractivity contribution in [3.63, 3.8) is 0 Å². The maximum atomic E-state index is 13.6. The van der Waals surface area contributed by atoms with Crippen molar-refractivity contribution in [1.82, 2.24) is 35.8 Å². The van der Waals surface area contributed by atoms with Crippen LogP contribution in [0.1, 0.15) is 54.3 Å². The molecule has 2 heterocycles. The number of nitrogens with one attached hydrogen (secondary N) is 3. The maximum Gasteiger partial charge on any atom is 0.268 e. The summed E-state index contributed by atoms with van der Waals surface area (Å²) in [5.74, 6) is -0.475. The molecule has 3 atom stereocenters. The van der Waals surface area contributed by atoms with Gasteiger partial charge in [-0.2, -0.15) is 5.21 Å². The van der Waals surface area contributed by atoms with E-state index in [0.29, 0.717) is 36.3 Å². The van der Waals surface area contributed by atoms with Crippen LogP contribution < -0.4 is 16.4 Å². The monoisotopic (exact) mass is 442 g/mol. The van der Waals surface area contributed by atoms with E-state index in [0.717, 1.165) is 24.8 Å². The van der Waals surface area contributed by atoms with Gasteiger partial charge in [0.15, 0.2) is 5.82 Å². The number of halogens is 1. The van der Waals surface area contributed by atoms with Crippen molar-refractivity contribution in [3.8, 4) is 0 Å². The number of nitrogens with two attached hydrogens (primary N) is 1. The summed E-state index contributed by atoms with van der Waals surface area (Å²) in [7, 11) is 1.73. The van der Waals surface area contributed by atoms with Gasteiger partial charge < -0.3 is 20.9 Å². The number of carbonyl (C=O) groups excluding carboxylic acids is 2. The second-order valence-electron chi connectivity index (χ2n) is 8.17. The Labute approximate surface area is 184 Å². The Hall–Kier alpha value is -3.34. The van der Waals surface area contributed by atoms with E-state index in [9.17, 15) is 14.0 Å². The summed E-state index contributed by atoms with van der Waals surface area (Å²) in [5.41, 5.74) is 6.73. The number of amides is 2. The maximum absolute atomic E-state index is 13.6. The molecule has 0 saturated heterocycles. The van der Waals surface area contributed by atoms with Crippen LogP contribution in [0, 0.1) is 5.82 Å². The van der Waals surface area contributed by atoms with Gasteiger partial charge in [0.05, 0.1) is 0 Å². The molecule has 2 aromatic heterocycles. The predicted molar refractivity (Wildman–Crippen MR) is 115 cm³/mol. The second-order valence-corrected chi connectivity index (χ2v) is 8.17. The standard InChI is InChI=1S/C21H27FN8O2/c1-30-17-8-7-13(22)10-12(17)11-18(30)21(32)25-16(6-3-9-23)20(31)24-15-5-2-4-14(15)19-26-28-29-27-19/h7-8,10-11,14-16H,2-6,9,23H2,1H3,(H,24,31)(H,25,32)(H,26,27,28,29)/t14-,15?,16+/m1/s1. The van der Waals surface area contributed by atoms with Gasteiger partial charge in [0, 0.05) is 29.9 Å². The number of hydrogen-bond acceptors (Lipinski definition) is 6. The zero-order valence-corrected chi connectivity index (χ0v) is 17.8. The fourth-order valence-corrected chi connectivity index (χ4v) is 4.41. The molecule has 170 valence electrons. The first-order valence-electron chi connectivity index (χ1n) is 10.8. The van der Waals surface area contributed by atoms with E-state index in [4.69, 9.17) is 5.73 Å². The van der Waals surface area contributed by atoms with Crippen LogP contribution >= 0.6 is 0 Å². The van der Waals surface area contributed by atoms with Crippen LogP contribution in [-0.2, 0) is 11.8 Å². The minimum Gasteiger partial charge on any atom is -0.351 e.